The maximum atomic E-state index is 12.3. The van der Waals surface area contributed by atoms with E-state index in [1.54, 1.807) is 10.9 Å². The molecule has 0 aliphatic carbocycles. The number of aryl methyl sites for hydroxylation is 1. The Morgan fingerprint density at radius 3 is 3.00 bits per heavy atom. The summed E-state index contributed by atoms with van der Waals surface area (Å²) in [6, 6.07) is 5.60. The minimum atomic E-state index is -0.0443. The summed E-state index contributed by atoms with van der Waals surface area (Å²) < 4.78 is 1.74. The third-order valence-corrected chi connectivity index (χ3v) is 4.22. The third kappa shape index (κ3) is 2.59. The van der Waals surface area contributed by atoms with E-state index in [1.165, 1.54) is 0 Å². The van der Waals surface area contributed by atoms with Gasteiger partial charge in [0.25, 0.3) is 5.91 Å². The fraction of sp³-hybridized carbons (Fsp3) is 0.312. The molecule has 0 saturated carbocycles. The van der Waals surface area contributed by atoms with Crippen LogP contribution in [0.2, 0.25) is 0 Å². The molecule has 1 aliphatic rings. The number of benzene rings is 1. The van der Waals surface area contributed by atoms with Crippen LogP contribution in [0.1, 0.15) is 10.4 Å². The first-order chi connectivity index (χ1) is 11.2. The van der Waals surface area contributed by atoms with Crippen LogP contribution < -0.4 is 10.6 Å². The number of fused-ring (bicyclic) bond motifs is 1. The minimum absolute atomic E-state index is 0.0443. The molecule has 1 saturated heterocycles. The lowest BCUT2D eigenvalue weighted by atomic mass is 10.0. The van der Waals surface area contributed by atoms with Crippen LogP contribution in [0.5, 0.6) is 0 Å². The monoisotopic (exact) mass is 310 g/mol. The number of aromatic nitrogens is 4. The van der Waals surface area contributed by atoms with Crippen LogP contribution in [0.4, 0.5) is 0 Å². The summed E-state index contributed by atoms with van der Waals surface area (Å²) in [5.41, 5.74) is 3.29. The van der Waals surface area contributed by atoms with Crippen LogP contribution in [0.15, 0.2) is 30.6 Å². The van der Waals surface area contributed by atoms with Gasteiger partial charge in [0.1, 0.15) is 5.69 Å². The van der Waals surface area contributed by atoms with Gasteiger partial charge in [0.05, 0.1) is 11.7 Å². The summed E-state index contributed by atoms with van der Waals surface area (Å²) in [5, 5.41) is 18.7. The fourth-order valence-electron chi connectivity index (χ4n) is 2.75. The van der Waals surface area contributed by atoms with Gasteiger partial charge < -0.3 is 10.6 Å². The van der Waals surface area contributed by atoms with E-state index in [2.05, 4.69) is 25.9 Å². The predicted molar refractivity (Wildman–Crippen MR) is 87.0 cm³/mol. The van der Waals surface area contributed by atoms with E-state index in [9.17, 15) is 4.79 Å². The molecule has 3 aromatic rings. The number of nitrogens with one attached hydrogen (secondary N) is 3. The summed E-state index contributed by atoms with van der Waals surface area (Å²) in [6.07, 6.45) is 3.68. The first-order valence-electron chi connectivity index (χ1n) is 7.67. The zero-order chi connectivity index (χ0) is 15.8. The Morgan fingerprint density at radius 1 is 1.43 bits per heavy atom. The molecule has 1 fully saturated rings. The second-order valence-corrected chi connectivity index (χ2v) is 5.97. The fourth-order valence-corrected chi connectivity index (χ4v) is 2.75. The number of amides is 1. The number of aromatic amines is 1. The van der Waals surface area contributed by atoms with Gasteiger partial charge in [-0.1, -0.05) is 0 Å². The summed E-state index contributed by atoms with van der Waals surface area (Å²) in [6.45, 7) is 2.67. The molecule has 0 bridgehead atoms. The smallest absolute Gasteiger partial charge is 0.251 e. The summed E-state index contributed by atoms with van der Waals surface area (Å²) >= 11 is 0. The molecule has 23 heavy (non-hydrogen) atoms. The highest BCUT2D eigenvalue weighted by atomic mass is 16.1. The Kier molecular flexibility index (Phi) is 3.34. The number of rotatable bonds is 4. The Morgan fingerprint density at radius 2 is 2.30 bits per heavy atom. The highest BCUT2D eigenvalue weighted by Gasteiger charge is 2.18. The van der Waals surface area contributed by atoms with Crippen molar-refractivity contribution in [2.75, 3.05) is 19.6 Å². The van der Waals surface area contributed by atoms with Crippen LogP contribution in [0.3, 0.4) is 0 Å². The number of hydrogen-bond donors (Lipinski definition) is 3. The van der Waals surface area contributed by atoms with Crippen molar-refractivity contribution in [2.24, 2.45) is 13.0 Å². The third-order valence-electron chi connectivity index (χ3n) is 4.22. The molecule has 0 spiro atoms. The van der Waals surface area contributed by atoms with Gasteiger partial charge in [-0.05, 0) is 18.2 Å². The van der Waals surface area contributed by atoms with Gasteiger partial charge in [0.2, 0.25) is 0 Å². The highest BCUT2D eigenvalue weighted by molar-refractivity contribution is 6.01. The van der Waals surface area contributed by atoms with Crippen LogP contribution in [0.25, 0.3) is 22.2 Å². The number of H-pyrrole nitrogens is 1. The summed E-state index contributed by atoms with van der Waals surface area (Å²) in [7, 11) is 1.87. The van der Waals surface area contributed by atoms with Gasteiger partial charge in [-0.15, -0.1) is 0 Å². The molecule has 0 unspecified atom stereocenters. The van der Waals surface area contributed by atoms with E-state index < -0.39 is 0 Å². The molecule has 0 atom stereocenters. The molecule has 3 N–H and O–H groups in total. The Labute approximate surface area is 133 Å². The van der Waals surface area contributed by atoms with E-state index in [0.717, 1.165) is 35.2 Å². The summed E-state index contributed by atoms with van der Waals surface area (Å²) in [4.78, 5) is 12.3. The lowest BCUT2D eigenvalue weighted by Crippen LogP contribution is -2.48. The highest BCUT2D eigenvalue weighted by Crippen LogP contribution is 2.26. The topological polar surface area (TPSA) is 87.6 Å². The molecule has 1 amide bonds. The molecular weight excluding hydrogens is 292 g/mol. The molecule has 7 nitrogen and oxygen atoms in total. The van der Waals surface area contributed by atoms with Crippen LogP contribution in [-0.4, -0.2) is 45.5 Å². The van der Waals surface area contributed by atoms with E-state index in [1.807, 2.05) is 31.4 Å². The zero-order valence-electron chi connectivity index (χ0n) is 12.8. The quantitative estimate of drug-likeness (QED) is 0.668. The molecule has 4 rings (SSSR count). The van der Waals surface area contributed by atoms with Crippen molar-refractivity contribution in [1.82, 2.24) is 30.6 Å². The maximum absolute atomic E-state index is 12.3. The number of carbonyl (C=O) groups is 1. The average Bonchev–Trinajstić information content (AvgIpc) is 3.10. The number of hydrogen-bond acceptors (Lipinski definition) is 4. The average molecular weight is 310 g/mol. The minimum Gasteiger partial charge on any atom is -0.352 e. The van der Waals surface area contributed by atoms with Gasteiger partial charge in [0.15, 0.2) is 0 Å². The van der Waals surface area contributed by atoms with E-state index >= 15 is 0 Å². The van der Waals surface area contributed by atoms with Crippen molar-refractivity contribution >= 4 is 16.8 Å². The Balaban J connectivity index is 1.62. The summed E-state index contributed by atoms with van der Waals surface area (Å²) in [5.74, 6) is 0.500. The second kappa shape index (κ2) is 5.51. The molecule has 7 heteroatoms. The van der Waals surface area contributed by atoms with Gasteiger partial charge >= 0.3 is 0 Å². The van der Waals surface area contributed by atoms with Crippen molar-refractivity contribution < 1.29 is 4.79 Å². The van der Waals surface area contributed by atoms with E-state index in [4.69, 9.17) is 0 Å². The van der Waals surface area contributed by atoms with Crippen LogP contribution in [0, 0.1) is 5.92 Å². The maximum Gasteiger partial charge on any atom is 0.251 e. The van der Waals surface area contributed by atoms with Gasteiger partial charge in [-0.2, -0.15) is 10.2 Å². The predicted octanol–water partition coefficient (Wildman–Crippen LogP) is 0.913. The van der Waals surface area contributed by atoms with Crippen LogP contribution in [-0.2, 0) is 7.05 Å². The second-order valence-electron chi connectivity index (χ2n) is 5.97. The standard InChI is InChI=1S/C16H18N6O/c1-22-9-12(8-19-22)15-13-4-11(2-3-14(13)20-21-15)16(23)18-7-10-5-17-6-10/h2-4,8-10,17H,5-7H2,1H3,(H,18,23)(H,20,21). The van der Waals surface area contributed by atoms with Gasteiger partial charge in [-0.25, -0.2) is 0 Å². The lowest BCUT2D eigenvalue weighted by molar-refractivity contribution is 0.0942. The van der Waals surface area contributed by atoms with E-state index in [-0.39, 0.29) is 5.91 Å². The van der Waals surface area contributed by atoms with Crippen LogP contribution >= 0.6 is 0 Å². The normalized spacial score (nSPS) is 14.8. The molecule has 3 heterocycles. The first-order valence-corrected chi connectivity index (χ1v) is 7.67. The Bertz CT molecular complexity index is 860. The first kappa shape index (κ1) is 14.0. The SMILES string of the molecule is Cn1cc(-c2n[nH]c3ccc(C(=O)NCC4CNC4)cc23)cn1. The molecule has 2 aromatic heterocycles. The lowest BCUT2D eigenvalue weighted by Gasteiger charge is -2.27. The van der Waals surface area contributed by atoms with Crippen molar-refractivity contribution in [3.8, 4) is 11.3 Å². The molecular formula is C16H18N6O. The molecule has 1 aliphatic heterocycles. The van der Waals surface area contributed by atoms with Crippen molar-refractivity contribution in [3.63, 3.8) is 0 Å². The molecule has 1 aromatic carbocycles. The van der Waals surface area contributed by atoms with Gasteiger partial charge in [-0.3, -0.25) is 14.6 Å². The van der Waals surface area contributed by atoms with Gasteiger partial charge in [0, 0.05) is 55.3 Å². The zero-order valence-corrected chi connectivity index (χ0v) is 12.8. The van der Waals surface area contributed by atoms with Crippen molar-refractivity contribution in [3.05, 3.63) is 36.2 Å². The van der Waals surface area contributed by atoms with Crippen molar-refractivity contribution in [1.29, 1.82) is 0 Å². The molecule has 118 valence electrons. The van der Waals surface area contributed by atoms with E-state index in [0.29, 0.717) is 18.0 Å². The largest absolute Gasteiger partial charge is 0.352 e. The number of carbonyl (C=O) groups excluding carboxylic acids is 1. The molecule has 0 radical (unpaired) electrons. The van der Waals surface area contributed by atoms with Crippen molar-refractivity contribution in [2.45, 2.75) is 0 Å². The number of nitrogens with zero attached hydrogens (tertiary/aromatic N) is 3. The Hall–Kier alpha value is -2.67.